The second-order valence-electron chi connectivity index (χ2n) is 6.92. The quantitative estimate of drug-likeness (QED) is 0.580. The second kappa shape index (κ2) is 8.61. The number of methoxy groups -OCH3 is 2. The van der Waals surface area contributed by atoms with Crippen molar-refractivity contribution in [1.82, 2.24) is 5.32 Å². The molecule has 0 unspecified atom stereocenters. The van der Waals surface area contributed by atoms with Crippen LogP contribution >= 0.6 is 12.2 Å². The van der Waals surface area contributed by atoms with E-state index < -0.39 is 12.0 Å². The van der Waals surface area contributed by atoms with Crippen molar-refractivity contribution >= 4 is 29.0 Å². The van der Waals surface area contributed by atoms with E-state index in [1.807, 2.05) is 43.0 Å². The number of thiocarbonyl (C=S) groups is 1. The number of nitrogens with zero attached hydrogens (tertiary/aromatic N) is 1. The smallest absolute Gasteiger partial charge is 0.338 e. The zero-order valence-electron chi connectivity index (χ0n) is 16.7. The van der Waals surface area contributed by atoms with Crippen LogP contribution in [0.3, 0.4) is 0 Å². The summed E-state index contributed by atoms with van der Waals surface area (Å²) < 4.78 is 24.2. The summed E-state index contributed by atoms with van der Waals surface area (Å²) in [5.74, 6) is -0.215. The Bertz CT molecular complexity index is 957. The number of esters is 1. The van der Waals surface area contributed by atoms with E-state index in [1.165, 1.54) is 19.2 Å². The van der Waals surface area contributed by atoms with Gasteiger partial charge in [-0.1, -0.05) is 26.0 Å². The molecule has 152 valence electrons. The van der Waals surface area contributed by atoms with E-state index in [0.717, 1.165) is 5.69 Å². The summed E-state index contributed by atoms with van der Waals surface area (Å²) in [6, 6.07) is 12.9. The topological polar surface area (TPSA) is 50.8 Å². The summed E-state index contributed by atoms with van der Waals surface area (Å²) in [6.07, 6.45) is 0. The van der Waals surface area contributed by atoms with Gasteiger partial charge in [-0.2, -0.15) is 0 Å². The van der Waals surface area contributed by atoms with Crippen molar-refractivity contribution in [1.29, 1.82) is 0 Å². The molecule has 2 aromatic carbocycles. The van der Waals surface area contributed by atoms with Gasteiger partial charge in [0.05, 0.1) is 25.8 Å². The van der Waals surface area contributed by atoms with Gasteiger partial charge in [0, 0.05) is 11.4 Å². The van der Waals surface area contributed by atoms with E-state index >= 15 is 0 Å². The Morgan fingerprint density at radius 2 is 1.86 bits per heavy atom. The molecule has 0 amide bonds. The van der Waals surface area contributed by atoms with Crippen molar-refractivity contribution in [2.24, 2.45) is 5.92 Å². The third kappa shape index (κ3) is 4.10. The average Bonchev–Trinajstić information content (AvgIpc) is 2.72. The Labute approximate surface area is 175 Å². The van der Waals surface area contributed by atoms with Crippen molar-refractivity contribution in [3.8, 4) is 5.75 Å². The Morgan fingerprint density at radius 3 is 2.41 bits per heavy atom. The molecule has 0 radical (unpaired) electrons. The van der Waals surface area contributed by atoms with E-state index in [2.05, 4.69) is 5.32 Å². The molecule has 1 heterocycles. The SMILES string of the molecule is COC(=O)C1=C(C(C)C)N(c2ccc(OC)cc2)C(=S)N[C@@H]1c1cccc(F)c1. The maximum atomic E-state index is 13.9. The summed E-state index contributed by atoms with van der Waals surface area (Å²) in [4.78, 5) is 14.7. The number of carbonyl (C=O) groups is 1. The maximum absolute atomic E-state index is 13.9. The lowest BCUT2D eigenvalue weighted by molar-refractivity contribution is -0.136. The monoisotopic (exact) mass is 414 g/mol. The third-order valence-electron chi connectivity index (χ3n) is 4.74. The van der Waals surface area contributed by atoms with Gasteiger partial charge < -0.3 is 14.8 Å². The number of hydrogen-bond donors (Lipinski definition) is 1. The molecule has 5 nitrogen and oxygen atoms in total. The minimum absolute atomic E-state index is 0.0534. The molecule has 0 bridgehead atoms. The zero-order valence-corrected chi connectivity index (χ0v) is 17.5. The molecule has 1 N–H and O–H groups in total. The number of ether oxygens (including phenoxy) is 2. The highest BCUT2D eigenvalue weighted by atomic mass is 32.1. The fourth-order valence-electron chi connectivity index (χ4n) is 3.46. The van der Waals surface area contributed by atoms with Crippen LogP contribution in [-0.2, 0) is 9.53 Å². The Hall–Kier alpha value is -2.93. The number of anilines is 1. The second-order valence-corrected chi connectivity index (χ2v) is 7.30. The summed E-state index contributed by atoms with van der Waals surface area (Å²) in [5, 5.41) is 3.61. The predicted molar refractivity (Wildman–Crippen MR) is 114 cm³/mol. The van der Waals surface area contributed by atoms with Crippen LogP contribution in [0, 0.1) is 11.7 Å². The van der Waals surface area contributed by atoms with Crippen molar-refractivity contribution in [3.63, 3.8) is 0 Å². The summed E-state index contributed by atoms with van der Waals surface area (Å²) in [7, 11) is 2.93. The molecule has 0 aliphatic carbocycles. The Kier molecular flexibility index (Phi) is 6.17. The molecule has 1 atom stereocenters. The molecule has 3 rings (SSSR count). The van der Waals surface area contributed by atoms with Crippen molar-refractivity contribution in [2.75, 3.05) is 19.1 Å². The van der Waals surface area contributed by atoms with Gasteiger partial charge in [0.25, 0.3) is 0 Å². The lowest BCUT2D eigenvalue weighted by atomic mass is 9.90. The molecule has 7 heteroatoms. The van der Waals surface area contributed by atoms with Gasteiger partial charge in [0.1, 0.15) is 11.6 Å². The van der Waals surface area contributed by atoms with Gasteiger partial charge >= 0.3 is 5.97 Å². The number of nitrogens with one attached hydrogen (secondary N) is 1. The lowest BCUT2D eigenvalue weighted by Gasteiger charge is -2.40. The number of carbonyl (C=O) groups excluding carboxylic acids is 1. The minimum Gasteiger partial charge on any atom is -0.497 e. The van der Waals surface area contributed by atoms with Crippen LogP contribution in [0.4, 0.5) is 10.1 Å². The highest BCUT2D eigenvalue weighted by Gasteiger charge is 2.38. The van der Waals surface area contributed by atoms with E-state index in [9.17, 15) is 9.18 Å². The highest BCUT2D eigenvalue weighted by molar-refractivity contribution is 7.80. The lowest BCUT2D eigenvalue weighted by Crippen LogP contribution is -2.49. The number of allylic oxidation sites excluding steroid dienone is 1. The van der Waals surface area contributed by atoms with E-state index in [-0.39, 0.29) is 11.7 Å². The first-order valence-corrected chi connectivity index (χ1v) is 9.60. The van der Waals surface area contributed by atoms with Gasteiger partial charge in [-0.25, -0.2) is 9.18 Å². The molecule has 1 aliphatic rings. The highest BCUT2D eigenvalue weighted by Crippen LogP contribution is 2.38. The fraction of sp³-hybridized carbons (Fsp3) is 0.273. The molecule has 1 aliphatic heterocycles. The van der Waals surface area contributed by atoms with Gasteiger partial charge in [0.15, 0.2) is 5.11 Å². The Balaban J connectivity index is 2.21. The summed E-state index contributed by atoms with van der Waals surface area (Å²) >= 11 is 5.66. The van der Waals surface area contributed by atoms with Gasteiger partial charge in [-0.05, 0) is 60.1 Å². The molecular weight excluding hydrogens is 391 g/mol. The van der Waals surface area contributed by atoms with Gasteiger partial charge in [0.2, 0.25) is 0 Å². The van der Waals surface area contributed by atoms with Gasteiger partial charge in [-0.15, -0.1) is 0 Å². The van der Waals surface area contributed by atoms with Crippen molar-refractivity contribution in [3.05, 3.63) is 71.2 Å². The molecule has 0 fully saturated rings. The molecule has 2 aromatic rings. The number of hydrogen-bond acceptors (Lipinski definition) is 4. The van der Waals surface area contributed by atoms with Crippen LogP contribution in [0.2, 0.25) is 0 Å². The van der Waals surface area contributed by atoms with E-state index in [4.69, 9.17) is 21.7 Å². The largest absolute Gasteiger partial charge is 0.497 e. The molecule has 0 saturated heterocycles. The maximum Gasteiger partial charge on any atom is 0.338 e. The van der Waals surface area contributed by atoms with Crippen LogP contribution in [0.1, 0.15) is 25.5 Å². The first-order valence-electron chi connectivity index (χ1n) is 9.19. The normalized spacial score (nSPS) is 16.7. The molecule has 0 saturated carbocycles. The van der Waals surface area contributed by atoms with Crippen LogP contribution in [-0.4, -0.2) is 25.3 Å². The molecule has 29 heavy (non-hydrogen) atoms. The van der Waals surface area contributed by atoms with Gasteiger partial charge in [-0.3, -0.25) is 4.90 Å². The predicted octanol–water partition coefficient (Wildman–Crippen LogP) is 4.35. The van der Waals surface area contributed by atoms with Crippen molar-refractivity contribution < 1.29 is 18.7 Å². The van der Waals surface area contributed by atoms with E-state index in [0.29, 0.717) is 27.7 Å². The van der Waals surface area contributed by atoms with Crippen molar-refractivity contribution in [2.45, 2.75) is 19.9 Å². The Morgan fingerprint density at radius 1 is 1.17 bits per heavy atom. The summed E-state index contributed by atoms with van der Waals surface area (Å²) in [5.41, 5.74) is 2.49. The number of halogens is 1. The fourth-order valence-corrected chi connectivity index (χ4v) is 3.78. The first-order chi connectivity index (χ1) is 13.9. The molecular formula is C22H23FN2O3S. The number of rotatable bonds is 5. The molecule has 0 spiro atoms. The standard InChI is InChI=1S/C22H23FN2O3S/c1-13(2)20-18(21(26)28-4)19(14-6-5-7-15(23)12-14)24-22(29)25(20)16-8-10-17(27-3)11-9-16/h5-13,19H,1-4H3,(H,24,29)/t19-/m1/s1. The minimum atomic E-state index is -0.613. The van der Waals surface area contributed by atoms with Crippen LogP contribution in [0.5, 0.6) is 5.75 Å². The summed E-state index contributed by atoms with van der Waals surface area (Å²) in [6.45, 7) is 3.96. The van der Waals surface area contributed by atoms with E-state index in [1.54, 1.807) is 19.2 Å². The average molecular weight is 415 g/mol. The molecule has 0 aromatic heterocycles. The first kappa shape index (κ1) is 20.8. The number of benzene rings is 2. The van der Waals surface area contributed by atoms with Crippen LogP contribution in [0.25, 0.3) is 0 Å². The van der Waals surface area contributed by atoms with Crippen LogP contribution < -0.4 is 15.0 Å². The zero-order chi connectivity index (χ0) is 21.1. The third-order valence-corrected chi connectivity index (χ3v) is 5.04. The van der Waals surface area contributed by atoms with Crippen LogP contribution in [0.15, 0.2) is 59.8 Å².